The van der Waals surface area contributed by atoms with Crippen molar-refractivity contribution in [2.75, 3.05) is 46.5 Å². The molecular weight excluding hydrogens is 1140 g/mol. The van der Waals surface area contributed by atoms with Crippen LogP contribution in [-0.2, 0) is 45.2 Å². The number of rotatable bonds is 27. The summed E-state index contributed by atoms with van der Waals surface area (Å²) < 4.78 is 24.5. The summed E-state index contributed by atoms with van der Waals surface area (Å²) in [6, 6.07) is 23.6. The van der Waals surface area contributed by atoms with E-state index in [1.54, 1.807) is 83.7 Å². The molecule has 4 aliphatic heterocycles. The predicted molar refractivity (Wildman–Crippen MR) is 345 cm³/mol. The first kappa shape index (κ1) is 64.1. The van der Waals surface area contributed by atoms with Crippen LogP contribution < -0.4 is 55.3 Å². The first-order valence-corrected chi connectivity index (χ1v) is 32.5. The van der Waals surface area contributed by atoms with E-state index in [4.69, 9.17) is 18.9 Å². The van der Waals surface area contributed by atoms with E-state index in [9.17, 15) is 33.9 Å². The highest BCUT2D eigenvalue weighted by Gasteiger charge is 2.43. The third kappa shape index (κ3) is 15.3. The zero-order valence-electron chi connectivity index (χ0n) is 51.6. The third-order valence-electron chi connectivity index (χ3n) is 16.6. The van der Waals surface area contributed by atoms with Gasteiger partial charge in [0.1, 0.15) is 37.3 Å². The third-order valence-corrected chi connectivity index (χ3v) is 20.6. The lowest BCUT2D eigenvalue weighted by Crippen LogP contribution is -2.50. The molecule has 87 heavy (non-hydrogen) atoms. The highest BCUT2D eigenvalue weighted by atomic mass is 33.1. The summed E-state index contributed by atoms with van der Waals surface area (Å²) in [7, 11) is 6.39. The normalized spacial score (nSPS) is 17.9. The van der Waals surface area contributed by atoms with Crippen molar-refractivity contribution in [3.8, 4) is 23.0 Å². The molecule has 5 amide bonds. The molecule has 5 aromatic rings. The zero-order chi connectivity index (χ0) is 62.3. The van der Waals surface area contributed by atoms with Gasteiger partial charge in [-0.15, -0.1) is 0 Å². The van der Waals surface area contributed by atoms with Gasteiger partial charge in [-0.3, -0.25) is 24.0 Å². The molecule has 0 bridgehead atoms. The number of aliphatic hydroxyl groups excluding tert-OH is 1. The van der Waals surface area contributed by atoms with Crippen LogP contribution in [0.15, 0.2) is 84.9 Å². The van der Waals surface area contributed by atoms with Gasteiger partial charge in [0, 0.05) is 58.6 Å². The van der Waals surface area contributed by atoms with Crippen LogP contribution in [0.4, 0.5) is 28.4 Å². The number of hydrogen-bond acceptors (Lipinski definition) is 15. The minimum atomic E-state index is -1.09. The zero-order valence-corrected chi connectivity index (χ0v) is 53.2. The topological polar surface area (TPSA) is 226 Å². The number of nitrogens with one attached hydrogen (secondary N) is 5. The highest BCUT2D eigenvalue weighted by Crippen LogP contribution is 2.45. The Kier molecular flexibility index (Phi) is 20.7. The van der Waals surface area contributed by atoms with Crippen LogP contribution in [0.25, 0.3) is 0 Å². The van der Waals surface area contributed by atoms with Crippen molar-refractivity contribution in [2.45, 2.75) is 179 Å². The van der Waals surface area contributed by atoms with Crippen LogP contribution in [0.1, 0.15) is 161 Å². The number of aliphatic hydroxyl groups is 1. The maximum Gasteiger partial charge on any atom is 0.260 e. The van der Waals surface area contributed by atoms with E-state index >= 15 is 0 Å². The number of methoxy groups -OCH3 is 2. The predicted octanol–water partition coefficient (Wildman–Crippen LogP) is 11.5. The summed E-state index contributed by atoms with van der Waals surface area (Å²) >= 11 is 0. The molecule has 3 unspecified atom stereocenters. The molecule has 4 heterocycles. The number of amides is 5. The van der Waals surface area contributed by atoms with Gasteiger partial charge in [0.2, 0.25) is 17.7 Å². The van der Waals surface area contributed by atoms with E-state index in [0.717, 1.165) is 36.2 Å². The Balaban J connectivity index is 0.908. The number of anilines is 5. The van der Waals surface area contributed by atoms with Gasteiger partial charge in [0.15, 0.2) is 23.0 Å². The van der Waals surface area contributed by atoms with Crippen molar-refractivity contribution in [3.63, 3.8) is 0 Å². The van der Waals surface area contributed by atoms with Crippen LogP contribution in [0, 0.1) is 0 Å². The number of benzene rings is 5. The van der Waals surface area contributed by atoms with Crippen LogP contribution in [-0.4, -0.2) is 102 Å². The number of carbonyl (C=O) groups excluding carboxylic acids is 6. The van der Waals surface area contributed by atoms with E-state index in [2.05, 4.69) is 79.4 Å². The second-order valence-electron chi connectivity index (χ2n) is 24.1. The Morgan fingerprint density at radius 1 is 0.724 bits per heavy atom. The van der Waals surface area contributed by atoms with Crippen LogP contribution in [0.5, 0.6) is 23.0 Å². The number of para-hydroxylation sites is 1. The number of nitrogens with zero attached hydrogens (tertiary/aromatic N) is 2. The molecule has 0 fully saturated rings. The summed E-state index contributed by atoms with van der Waals surface area (Å²) in [4.78, 5) is 84.3. The number of ether oxygens (including phenoxy) is 4. The van der Waals surface area contributed by atoms with Crippen LogP contribution in [0.3, 0.4) is 0 Å². The van der Waals surface area contributed by atoms with E-state index in [-0.39, 0.29) is 70.7 Å². The fourth-order valence-electron chi connectivity index (χ4n) is 11.6. The smallest absolute Gasteiger partial charge is 0.260 e. The molecule has 0 aliphatic carbocycles. The van der Waals surface area contributed by atoms with Crippen molar-refractivity contribution in [2.24, 2.45) is 0 Å². The monoisotopic (exact) mass is 1230 g/mol. The second-order valence-corrected chi connectivity index (χ2v) is 27.4. The summed E-state index contributed by atoms with van der Waals surface area (Å²) in [5.74, 6) is 0.0943. The van der Waals surface area contributed by atoms with Gasteiger partial charge in [-0.25, -0.2) is 0 Å². The van der Waals surface area contributed by atoms with Gasteiger partial charge in [0.05, 0.1) is 48.8 Å². The Labute approximate surface area is 518 Å². The van der Waals surface area contributed by atoms with Crippen LogP contribution in [0.2, 0.25) is 0 Å². The molecule has 0 aromatic heterocycles. The molecule has 20 heteroatoms. The molecule has 6 N–H and O–H groups in total. The fourth-order valence-corrected chi connectivity index (χ4v) is 14.2. The first-order valence-electron chi connectivity index (χ1n) is 30.3. The highest BCUT2D eigenvalue weighted by molar-refractivity contribution is 8.77. The number of unbranched alkanes of at least 4 members (excludes halogenated alkanes) is 2. The Morgan fingerprint density at radius 2 is 1.37 bits per heavy atom. The lowest BCUT2D eigenvalue weighted by molar-refractivity contribution is -0.130. The number of ketones is 1. The summed E-state index contributed by atoms with van der Waals surface area (Å²) in [5, 5.41) is 26.9. The van der Waals surface area contributed by atoms with Crippen LogP contribution >= 0.6 is 21.6 Å². The molecule has 7 atom stereocenters. The van der Waals surface area contributed by atoms with E-state index in [0.29, 0.717) is 82.5 Å². The van der Waals surface area contributed by atoms with Crippen molar-refractivity contribution in [1.29, 1.82) is 0 Å². The average molecular weight is 1230 g/mol. The maximum absolute atomic E-state index is 14.6. The number of hydrogen-bond donors (Lipinski definition) is 6. The van der Waals surface area contributed by atoms with Gasteiger partial charge >= 0.3 is 0 Å². The van der Waals surface area contributed by atoms with Gasteiger partial charge in [0.25, 0.3) is 11.8 Å². The van der Waals surface area contributed by atoms with Gasteiger partial charge < -0.3 is 65.2 Å². The van der Waals surface area contributed by atoms with Gasteiger partial charge in [-0.2, -0.15) is 0 Å². The molecule has 18 nitrogen and oxygen atoms in total. The molecule has 0 saturated carbocycles. The van der Waals surface area contributed by atoms with E-state index in [1.165, 1.54) is 44.6 Å². The van der Waals surface area contributed by atoms with E-state index < -0.39 is 36.2 Å². The van der Waals surface area contributed by atoms with Gasteiger partial charge in [-0.05, 0) is 143 Å². The molecule has 464 valence electrons. The Morgan fingerprint density at radius 3 is 2.05 bits per heavy atom. The molecular formula is C67H83N7O11S2. The van der Waals surface area contributed by atoms with Crippen molar-refractivity contribution in [3.05, 3.63) is 124 Å². The van der Waals surface area contributed by atoms with Gasteiger partial charge in [-0.1, -0.05) is 92.0 Å². The van der Waals surface area contributed by atoms with E-state index in [1.807, 2.05) is 35.2 Å². The molecule has 5 aromatic carbocycles. The molecule has 0 spiro atoms. The molecule has 9 rings (SSSR count). The lowest BCUT2D eigenvalue weighted by atomic mass is 9.93. The minimum Gasteiger partial charge on any atom is -0.493 e. The Bertz CT molecular complexity index is 3390. The largest absolute Gasteiger partial charge is 0.493 e. The number of fused-ring (bicyclic) bond motifs is 8. The first-order chi connectivity index (χ1) is 41.6. The molecule has 4 aliphatic rings. The fraction of sp³-hybridized carbons (Fsp3) is 0.463. The summed E-state index contributed by atoms with van der Waals surface area (Å²) in [6.07, 6.45) is 6.91. The van der Waals surface area contributed by atoms with Crippen molar-refractivity contribution >= 4 is 85.3 Å². The summed E-state index contributed by atoms with van der Waals surface area (Å²) in [6.45, 7) is 15.9. The molecule has 0 saturated heterocycles. The molecule has 0 radical (unpaired) electrons. The van der Waals surface area contributed by atoms with Crippen molar-refractivity contribution < 1.29 is 52.8 Å². The lowest BCUT2D eigenvalue weighted by Gasteiger charge is -2.26. The summed E-state index contributed by atoms with van der Waals surface area (Å²) in [5.41, 5.74) is 8.40. The average Bonchev–Trinajstić information content (AvgIpc) is 1.72. The number of carbonyl (C=O) groups is 6. The second kappa shape index (κ2) is 28.2. The minimum absolute atomic E-state index is 0.0214. The number of Topliss-reactive ketones (excluding diaryl/α,β-unsaturated/α-hetero) is 1. The van der Waals surface area contributed by atoms with Crippen molar-refractivity contribution in [1.82, 2.24) is 10.6 Å². The standard InChI is InChI=1S/C67H83N7O11S2/c1-11-12-13-16-38(2)45-21-22-55-47(28-45)29-49-35-68-52-33-59(57(82-9)31-50(52)65(80)73(49)55)84-36-43-25-44(37-85-60-34-53-51(32-58(60)83-10)66(81)74-54-18-15-14-17-46(54)30-56(74)64(79)72-53)27-48(26-43)71-63(78)42(6)70-62(77)41(5)69-61(76)23-24-67(7,8)87-86-40(4)20-19-39(3)75/h14-15,17-18,21-22,25-28,31-34,38,40-42,49,56,64,68,72,79H,11-13,16,19-20,23-24,29-30,35-37H2,1-10H3,(H,69,76)(H,70,77)(H,71,78)/t38?,40?,41-,42+,49-,56-,64?/m0/s1. The SMILES string of the molecule is CCCCCC(C)c1ccc2c(c1)C[C@H]1CNc3cc(OCc4cc(COc5cc6c(cc5OC)C(=O)N5c7ccccc7C[C@H]5C(O)N6)cc(NC(=O)[C@@H](C)NC(=O)[C@H](C)NC(=O)CCC(C)(C)SSC(C)CCC(C)=O)c4)c(OC)cc3C(=O)N21. The Hall–Kier alpha value is -7.42. The quantitative estimate of drug-likeness (QED) is 0.0212. The maximum atomic E-state index is 14.6.